The summed E-state index contributed by atoms with van der Waals surface area (Å²) in [6.07, 6.45) is 6.04. The summed E-state index contributed by atoms with van der Waals surface area (Å²) in [5.74, 6) is 1.32. The molecule has 0 saturated heterocycles. The molecule has 2 heteroatoms. The lowest BCUT2D eigenvalue weighted by molar-refractivity contribution is 0.00520. The first-order valence-corrected chi connectivity index (χ1v) is 5.45. The smallest absolute Gasteiger partial charge is 0.0801 e. The zero-order valence-electron chi connectivity index (χ0n) is 8.83. The van der Waals surface area contributed by atoms with E-state index in [0.29, 0.717) is 12.5 Å². The standard InChI is InChI=1S/C11H22O2/c1-3-9-5-4-6-10(7-9)11(12)8-13-2/h9-12H,3-8H2,1-2H3. The maximum Gasteiger partial charge on any atom is 0.0801 e. The first-order chi connectivity index (χ1) is 6.27. The molecule has 3 atom stereocenters. The van der Waals surface area contributed by atoms with Gasteiger partial charge >= 0.3 is 0 Å². The summed E-state index contributed by atoms with van der Waals surface area (Å²) in [5, 5.41) is 9.76. The molecule has 0 aromatic carbocycles. The Morgan fingerprint density at radius 2 is 2.23 bits per heavy atom. The third kappa shape index (κ3) is 3.28. The lowest BCUT2D eigenvalue weighted by Gasteiger charge is -2.31. The molecule has 0 aliphatic heterocycles. The van der Waals surface area contributed by atoms with Crippen molar-refractivity contribution in [1.29, 1.82) is 0 Å². The minimum atomic E-state index is -0.237. The fourth-order valence-corrected chi connectivity index (χ4v) is 2.36. The number of rotatable bonds is 4. The average molecular weight is 186 g/mol. The molecule has 1 rings (SSSR count). The quantitative estimate of drug-likeness (QED) is 0.729. The molecule has 0 aromatic rings. The number of methoxy groups -OCH3 is 1. The second kappa shape index (κ2) is 5.61. The van der Waals surface area contributed by atoms with Crippen molar-refractivity contribution in [3.8, 4) is 0 Å². The van der Waals surface area contributed by atoms with Gasteiger partial charge in [-0.1, -0.05) is 26.2 Å². The van der Waals surface area contributed by atoms with Gasteiger partial charge in [-0.3, -0.25) is 0 Å². The minimum Gasteiger partial charge on any atom is -0.390 e. The molecule has 78 valence electrons. The Kier molecular flexibility index (Phi) is 4.74. The SMILES string of the molecule is CCC1CCCC(C(O)COC)C1. The van der Waals surface area contributed by atoms with Crippen molar-refractivity contribution in [3.05, 3.63) is 0 Å². The lowest BCUT2D eigenvalue weighted by Crippen LogP contribution is -2.29. The van der Waals surface area contributed by atoms with Gasteiger partial charge in [0.15, 0.2) is 0 Å². The van der Waals surface area contributed by atoms with Gasteiger partial charge in [0.25, 0.3) is 0 Å². The topological polar surface area (TPSA) is 29.5 Å². The van der Waals surface area contributed by atoms with Crippen LogP contribution in [0.3, 0.4) is 0 Å². The van der Waals surface area contributed by atoms with E-state index in [4.69, 9.17) is 4.74 Å². The Morgan fingerprint density at radius 3 is 2.85 bits per heavy atom. The predicted molar refractivity (Wildman–Crippen MR) is 53.6 cm³/mol. The van der Waals surface area contributed by atoms with Crippen molar-refractivity contribution in [2.75, 3.05) is 13.7 Å². The van der Waals surface area contributed by atoms with E-state index in [1.54, 1.807) is 7.11 Å². The van der Waals surface area contributed by atoms with E-state index in [1.807, 2.05) is 0 Å². The first-order valence-electron chi connectivity index (χ1n) is 5.45. The Bertz CT molecular complexity index is 136. The van der Waals surface area contributed by atoms with Crippen LogP contribution in [0.5, 0.6) is 0 Å². The molecule has 2 nitrogen and oxygen atoms in total. The summed E-state index contributed by atoms with van der Waals surface area (Å²) in [7, 11) is 1.66. The van der Waals surface area contributed by atoms with Crippen molar-refractivity contribution in [3.63, 3.8) is 0 Å². The summed E-state index contributed by atoms with van der Waals surface area (Å²) >= 11 is 0. The summed E-state index contributed by atoms with van der Waals surface area (Å²) in [5.41, 5.74) is 0. The van der Waals surface area contributed by atoms with E-state index in [1.165, 1.54) is 32.1 Å². The second-order valence-corrected chi connectivity index (χ2v) is 4.22. The molecule has 0 spiro atoms. The van der Waals surface area contributed by atoms with Crippen LogP contribution < -0.4 is 0 Å². The predicted octanol–water partition coefficient (Wildman–Crippen LogP) is 2.21. The van der Waals surface area contributed by atoms with Crippen molar-refractivity contribution in [2.45, 2.75) is 45.1 Å². The van der Waals surface area contributed by atoms with Gasteiger partial charge in [0.2, 0.25) is 0 Å². The zero-order valence-corrected chi connectivity index (χ0v) is 8.83. The number of hydrogen-bond donors (Lipinski definition) is 1. The highest BCUT2D eigenvalue weighted by Gasteiger charge is 2.26. The molecule has 1 fully saturated rings. The molecular weight excluding hydrogens is 164 g/mol. The molecule has 1 N–H and O–H groups in total. The highest BCUT2D eigenvalue weighted by molar-refractivity contribution is 4.77. The molecule has 0 heterocycles. The van der Waals surface area contributed by atoms with Gasteiger partial charge in [0, 0.05) is 7.11 Å². The number of aliphatic hydroxyl groups excluding tert-OH is 1. The highest BCUT2D eigenvalue weighted by Crippen LogP contribution is 2.32. The van der Waals surface area contributed by atoms with Crippen molar-refractivity contribution < 1.29 is 9.84 Å². The molecule has 0 aromatic heterocycles. The number of ether oxygens (including phenoxy) is 1. The third-order valence-corrected chi connectivity index (χ3v) is 3.28. The maximum absolute atomic E-state index is 9.76. The van der Waals surface area contributed by atoms with E-state index < -0.39 is 0 Å². The van der Waals surface area contributed by atoms with E-state index in [0.717, 1.165) is 5.92 Å². The Morgan fingerprint density at radius 1 is 1.46 bits per heavy atom. The summed E-state index contributed by atoms with van der Waals surface area (Å²) in [6.45, 7) is 2.75. The van der Waals surface area contributed by atoms with Gasteiger partial charge in [0.05, 0.1) is 12.7 Å². The van der Waals surface area contributed by atoms with Crippen molar-refractivity contribution >= 4 is 0 Å². The zero-order chi connectivity index (χ0) is 9.68. The van der Waals surface area contributed by atoms with Crippen LogP contribution in [-0.2, 0) is 4.74 Å². The first kappa shape index (κ1) is 11.0. The highest BCUT2D eigenvalue weighted by atomic mass is 16.5. The molecular formula is C11H22O2. The molecule has 0 amide bonds. The molecule has 1 aliphatic rings. The largest absolute Gasteiger partial charge is 0.390 e. The number of hydrogen-bond acceptors (Lipinski definition) is 2. The van der Waals surface area contributed by atoms with Crippen molar-refractivity contribution in [1.82, 2.24) is 0 Å². The van der Waals surface area contributed by atoms with E-state index in [2.05, 4.69) is 6.92 Å². The van der Waals surface area contributed by atoms with Gasteiger partial charge in [-0.15, -0.1) is 0 Å². The molecule has 3 unspecified atom stereocenters. The van der Waals surface area contributed by atoms with Gasteiger partial charge < -0.3 is 9.84 Å². The third-order valence-electron chi connectivity index (χ3n) is 3.28. The van der Waals surface area contributed by atoms with Crippen molar-refractivity contribution in [2.24, 2.45) is 11.8 Å². The van der Waals surface area contributed by atoms with Gasteiger partial charge in [-0.25, -0.2) is 0 Å². The van der Waals surface area contributed by atoms with Crippen LogP contribution in [0.2, 0.25) is 0 Å². The van der Waals surface area contributed by atoms with E-state index >= 15 is 0 Å². The van der Waals surface area contributed by atoms with E-state index in [-0.39, 0.29) is 6.10 Å². The van der Waals surface area contributed by atoms with Crippen LogP contribution in [0, 0.1) is 11.8 Å². The molecule has 0 radical (unpaired) electrons. The molecule has 13 heavy (non-hydrogen) atoms. The van der Waals surface area contributed by atoms with Gasteiger partial charge in [-0.05, 0) is 24.7 Å². The van der Waals surface area contributed by atoms with Gasteiger partial charge in [-0.2, -0.15) is 0 Å². The molecule has 1 aliphatic carbocycles. The normalized spacial score (nSPS) is 31.6. The number of aliphatic hydroxyl groups is 1. The summed E-state index contributed by atoms with van der Waals surface area (Å²) in [6, 6.07) is 0. The van der Waals surface area contributed by atoms with Crippen LogP contribution >= 0.6 is 0 Å². The van der Waals surface area contributed by atoms with E-state index in [9.17, 15) is 5.11 Å². The maximum atomic E-state index is 9.76. The average Bonchev–Trinajstić information content (AvgIpc) is 2.18. The Hall–Kier alpha value is -0.0800. The second-order valence-electron chi connectivity index (χ2n) is 4.22. The van der Waals surface area contributed by atoms with Crippen LogP contribution in [0.15, 0.2) is 0 Å². The van der Waals surface area contributed by atoms with Crippen LogP contribution in [0.25, 0.3) is 0 Å². The Balaban J connectivity index is 2.32. The monoisotopic (exact) mass is 186 g/mol. The van der Waals surface area contributed by atoms with Gasteiger partial charge in [0.1, 0.15) is 0 Å². The van der Waals surface area contributed by atoms with Crippen LogP contribution in [-0.4, -0.2) is 24.9 Å². The summed E-state index contributed by atoms with van der Waals surface area (Å²) < 4.78 is 4.98. The fourth-order valence-electron chi connectivity index (χ4n) is 2.36. The fraction of sp³-hybridized carbons (Fsp3) is 1.00. The minimum absolute atomic E-state index is 0.237. The summed E-state index contributed by atoms with van der Waals surface area (Å²) in [4.78, 5) is 0. The molecule has 0 bridgehead atoms. The van der Waals surface area contributed by atoms with Crippen LogP contribution in [0.1, 0.15) is 39.0 Å². The van der Waals surface area contributed by atoms with Crippen LogP contribution in [0.4, 0.5) is 0 Å². The Labute approximate surface area is 81.3 Å². The molecule has 1 saturated carbocycles. The lowest BCUT2D eigenvalue weighted by atomic mass is 9.78.